The fraction of sp³-hybridized carbons (Fsp3) is 0.556. The molecule has 1 aliphatic carbocycles. The monoisotopic (exact) mass is 258 g/mol. The third kappa shape index (κ3) is 2.56. The van der Waals surface area contributed by atoms with Crippen molar-refractivity contribution in [3.8, 4) is 5.75 Å². The van der Waals surface area contributed by atoms with Gasteiger partial charge in [-0.05, 0) is 43.4 Å². The van der Waals surface area contributed by atoms with E-state index in [1.807, 2.05) is 6.08 Å². The predicted molar refractivity (Wildman–Crippen MR) is 82.4 cm³/mol. The molecule has 1 aromatic carbocycles. The van der Waals surface area contributed by atoms with Gasteiger partial charge in [0.05, 0.1) is 0 Å². The first-order valence-corrected chi connectivity index (χ1v) is 7.30. The third-order valence-corrected chi connectivity index (χ3v) is 5.17. The van der Waals surface area contributed by atoms with Crippen molar-refractivity contribution in [3.63, 3.8) is 0 Å². The van der Waals surface area contributed by atoms with Gasteiger partial charge in [-0.15, -0.1) is 0 Å². The second-order valence-corrected chi connectivity index (χ2v) is 6.66. The highest BCUT2D eigenvalue weighted by Gasteiger charge is 2.49. The summed E-state index contributed by atoms with van der Waals surface area (Å²) in [4.78, 5) is 0. The Kier molecular flexibility index (Phi) is 3.75. The number of hydrogen-bond donors (Lipinski definition) is 0. The van der Waals surface area contributed by atoms with Crippen LogP contribution < -0.4 is 4.74 Å². The molecule has 0 N–H and O–H groups in total. The van der Waals surface area contributed by atoms with Gasteiger partial charge in [-0.1, -0.05) is 52.0 Å². The van der Waals surface area contributed by atoms with Crippen LogP contribution in [0.15, 0.2) is 30.8 Å². The summed E-state index contributed by atoms with van der Waals surface area (Å²) in [5.41, 5.74) is 1.25. The Labute approximate surface area is 117 Å². The van der Waals surface area contributed by atoms with Gasteiger partial charge in [0.25, 0.3) is 0 Å². The maximum atomic E-state index is 6.44. The molecule has 1 aliphatic rings. The minimum atomic E-state index is -0.0963. The molecule has 1 aromatic rings. The molecule has 1 saturated carbocycles. The van der Waals surface area contributed by atoms with Gasteiger partial charge in [-0.3, -0.25) is 0 Å². The first kappa shape index (κ1) is 14.2. The average Bonchev–Trinajstić information content (AvgIpc) is 2.37. The molecular formula is C18H26O. The quantitative estimate of drug-likeness (QED) is 0.713. The van der Waals surface area contributed by atoms with Crippen LogP contribution in [0.5, 0.6) is 5.75 Å². The number of benzene rings is 1. The highest BCUT2D eigenvalue weighted by atomic mass is 16.5. The maximum Gasteiger partial charge on any atom is 0.120 e. The van der Waals surface area contributed by atoms with Gasteiger partial charge in [0, 0.05) is 5.41 Å². The van der Waals surface area contributed by atoms with Gasteiger partial charge in [0.2, 0.25) is 0 Å². The van der Waals surface area contributed by atoms with Crippen LogP contribution in [0.1, 0.15) is 52.5 Å². The van der Waals surface area contributed by atoms with Gasteiger partial charge >= 0.3 is 0 Å². The van der Waals surface area contributed by atoms with Crippen LogP contribution in [0.4, 0.5) is 0 Å². The summed E-state index contributed by atoms with van der Waals surface area (Å²) in [7, 11) is 0. The van der Waals surface area contributed by atoms with E-state index in [1.165, 1.54) is 19.3 Å². The number of ether oxygens (including phenoxy) is 1. The molecule has 0 bridgehead atoms. The SMILES string of the molecule is C=Cc1ccc(OC2(C)C(C)CCCC2(C)C)cc1. The van der Waals surface area contributed by atoms with E-state index in [1.54, 1.807) is 0 Å². The molecule has 0 spiro atoms. The van der Waals surface area contributed by atoms with Crippen LogP contribution in [-0.2, 0) is 0 Å². The molecule has 1 heteroatoms. The lowest BCUT2D eigenvalue weighted by Gasteiger charge is -2.51. The second-order valence-electron chi connectivity index (χ2n) is 6.66. The minimum Gasteiger partial charge on any atom is -0.487 e. The van der Waals surface area contributed by atoms with Crippen LogP contribution in [-0.4, -0.2) is 5.60 Å². The van der Waals surface area contributed by atoms with Gasteiger partial charge in [0.1, 0.15) is 11.4 Å². The van der Waals surface area contributed by atoms with Crippen molar-refractivity contribution in [2.75, 3.05) is 0 Å². The van der Waals surface area contributed by atoms with Crippen molar-refractivity contribution >= 4 is 6.08 Å². The van der Waals surface area contributed by atoms with Crippen LogP contribution in [0.25, 0.3) is 6.08 Å². The summed E-state index contributed by atoms with van der Waals surface area (Å²) >= 11 is 0. The van der Waals surface area contributed by atoms with Crippen molar-refractivity contribution in [1.29, 1.82) is 0 Å². The molecule has 0 amide bonds. The summed E-state index contributed by atoms with van der Waals surface area (Å²) in [5, 5.41) is 0. The Hall–Kier alpha value is -1.24. The van der Waals surface area contributed by atoms with Gasteiger partial charge in [-0.2, -0.15) is 0 Å². The number of rotatable bonds is 3. The molecule has 104 valence electrons. The van der Waals surface area contributed by atoms with Gasteiger partial charge in [0.15, 0.2) is 0 Å². The Balaban J connectivity index is 2.25. The van der Waals surface area contributed by atoms with E-state index in [0.717, 1.165) is 11.3 Å². The Morgan fingerprint density at radius 2 is 1.84 bits per heavy atom. The minimum absolute atomic E-state index is 0.0963. The van der Waals surface area contributed by atoms with E-state index in [9.17, 15) is 0 Å². The summed E-state index contributed by atoms with van der Waals surface area (Å²) in [6.45, 7) is 13.0. The molecule has 2 rings (SSSR count). The second kappa shape index (κ2) is 5.03. The molecule has 1 fully saturated rings. The van der Waals surface area contributed by atoms with Crippen LogP contribution in [0.2, 0.25) is 0 Å². The van der Waals surface area contributed by atoms with Crippen LogP contribution >= 0.6 is 0 Å². The van der Waals surface area contributed by atoms with E-state index >= 15 is 0 Å². The van der Waals surface area contributed by atoms with E-state index < -0.39 is 0 Å². The molecule has 2 unspecified atom stereocenters. The van der Waals surface area contributed by atoms with Gasteiger partial charge < -0.3 is 4.74 Å². The zero-order valence-electron chi connectivity index (χ0n) is 12.7. The van der Waals surface area contributed by atoms with Crippen LogP contribution in [0, 0.1) is 11.3 Å². The molecule has 0 saturated heterocycles. The van der Waals surface area contributed by atoms with Crippen molar-refractivity contribution in [3.05, 3.63) is 36.4 Å². The van der Waals surface area contributed by atoms with E-state index in [4.69, 9.17) is 4.74 Å². The molecule has 19 heavy (non-hydrogen) atoms. The zero-order chi connectivity index (χ0) is 14.1. The molecule has 0 radical (unpaired) electrons. The molecule has 0 heterocycles. The number of hydrogen-bond acceptors (Lipinski definition) is 1. The average molecular weight is 258 g/mol. The van der Waals surface area contributed by atoms with Crippen molar-refractivity contribution < 1.29 is 4.74 Å². The van der Waals surface area contributed by atoms with E-state index in [-0.39, 0.29) is 11.0 Å². The highest BCUT2D eigenvalue weighted by Crippen LogP contribution is 2.49. The van der Waals surface area contributed by atoms with Gasteiger partial charge in [-0.25, -0.2) is 0 Å². The summed E-state index contributed by atoms with van der Waals surface area (Å²) < 4.78 is 6.44. The molecule has 0 aliphatic heterocycles. The summed E-state index contributed by atoms with van der Waals surface area (Å²) in [5.74, 6) is 1.55. The topological polar surface area (TPSA) is 9.23 Å². The van der Waals surface area contributed by atoms with Crippen molar-refractivity contribution in [2.45, 2.75) is 52.6 Å². The Morgan fingerprint density at radius 3 is 2.37 bits per heavy atom. The molecule has 2 atom stereocenters. The standard InChI is InChI=1S/C18H26O/c1-6-15-9-11-16(12-10-15)19-18(5)14(2)8-7-13-17(18,3)4/h6,9-12,14H,1,7-8,13H2,2-5H3. The first-order valence-electron chi connectivity index (χ1n) is 7.30. The van der Waals surface area contributed by atoms with E-state index in [2.05, 4.69) is 58.5 Å². The lowest BCUT2D eigenvalue weighted by atomic mass is 9.61. The molecule has 1 nitrogen and oxygen atoms in total. The maximum absolute atomic E-state index is 6.44. The predicted octanol–water partition coefficient (Wildman–Crippen LogP) is 5.31. The highest BCUT2D eigenvalue weighted by molar-refractivity contribution is 5.48. The normalized spacial score (nSPS) is 29.8. The van der Waals surface area contributed by atoms with Crippen molar-refractivity contribution in [2.24, 2.45) is 11.3 Å². The zero-order valence-corrected chi connectivity index (χ0v) is 12.7. The Bertz CT molecular complexity index is 443. The van der Waals surface area contributed by atoms with Crippen molar-refractivity contribution in [1.82, 2.24) is 0 Å². The lowest BCUT2D eigenvalue weighted by Crippen LogP contribution is -2.54. The Morgan fingerprint density at radius 1 is 1.21 bits per heavy atom. The summed E-state index contributed by atoms with van der Waals surface area (Å²) in [6.07, 6.45) is 5.66. The summed E-state index contributed by atoms with van der Waals surface area (Å²) in [6, 6.07) is 8.23. The smallest absolute Gasteiger partial charge is 0.120 e. The molecular weight excluding hydrogens is 232 g/mol. The third-order valence-electron chi connectivity index (χ3n) is 5.17. The molecule has 0 aromatic heterocycles. The largest absolute Gasteiger partial charge is 0.487 e. The van der Waals surface area contributed by atoms with Crippen LogP contribution in [0.3, 0.4) is 0 Å². The fourth-order valence-electron chi connectivity index (χ4n) is 3.20. The lowest BCUT2D eigenvalue weighted by molar-refractivity contribution is -0.0972. The fourth-order valence-corrected chi connectivity index (χ4v) is 3.20. The first-order chi connectivity index (χ1) is 8.89. The van der Waals surface area contributed by atoms with E-state index in [0.29, 0.717) is 5.92 Å².